The number of hydrogen-bond donors (Lipinski definition) is 0. The number of halogens is 1. The number of nitro groups is 1. The molecule has 0 bridgehead atoms. The SMILES string of the molecule is CCOC(=O)c1c(-c2cccc(N3CCN(c4ccc([N+](=O)[O-])cc4)CC3)c2)c(-c2ccc(Cl)cc2)cn1C. The Labute approximate surface area is 232 Å². The van der Waals surface area contributed by atoms with Crippen molar-refractivity contribution >= 4 is 34.6 Å². The Bertz CT molecular complexity index is 1490. The van der Waals surface area contributed by atoms with Crippen molar-refractivity contribution < 1.29 is 14.5 Å². The number of hydrogen-bond acceptors (Lipinski definition) is 6. The van der Waals surface area contributed by atoms with Gasteiger partial charge in [0.25, 0.3) is 5.69 Å². The Balaban J connectivity index is 1.44. The van der Waals surface area contributed by atoms with Crippen molar-refractivity contribution in [2.75, 3.05) is 42.6 Å². The fraction of sp³-hybridized carbons (Fsp3) is 0.233. The van der Waals surface area contributed by atoms with Gasteiger partial charge in [0.1, 0.15) is 5.69 Å². The van der Waals surface area contributed by atoms with Gasteiger partial charge in [-0.3, -0.25) is 10.1 Å². The van der Waals surface area contributed by atoms with Gasteiger partial charge in [-0.15, -0.1) is 0 Å². The van der Waals surface area contributed by atoms with Crippen LogP contribution in [-0.2, 0) is 11.8 Å². The van der Waals surface area contributed by atoms with Gasteiger partial charge in [0.15, 0.2) is 0 Å². The van der Waals surface area contributed by atoms with E-state index in [2.05, 4.69) is 21.9 Å². The number of nitro benzene ring substituents is 1. The van der Waals surface area contributed by atoms with Crippen molar-refractivity contribution in [3.63, 3.8) is 0 Å². The third-order valence-corrected chi connectivity index (χ3v) is 7.26. The molecule has 0 unspecified atom stereocenters. The molecular weight excluding hydrogens is 516 g/mol. The molecule has 9 heteroatoms. The first-order valence-electron chi connectivity index (χ1n) is 12.8. The summed E-state index contributed by atoms with van der Waals surface area (Å²) in [5, 5.41) is 11.6. The van der Waals surface area contributed by atoms with E-state index in [1.165, 1.54) is 0 Å². The highest BCUT2D eigenvalue weighted by Crippen LogP contribution is 2.38. The average Bonchev–Trinajstić information content (AvgIpc) is 3.31. The smallest absolute Gasteiger partial charge is 0.355 e. The predicted molar refractivity (Wildman–Crippen MR) is 155 cm³/mol. The summed E-state index contributed by atoms with van der Waals surface area (Å²) in [7, 11) is 1.86. The summed E-state index contributed by atoms with van der Waals surface area (Å²) in [5.74, 6) is -0.364. The van der Waals surface area contributed by atoms with Gasteiger partial charge in [0.2, 0.25) is 0 Å². The van der Waals surface area contributed by atoms with Crippen LogP contribution < -0.4 is 9.80 Å². The first kappa shape index (κ1) is 26.3. The Hall–Kier alpha value is -4.30. The summed E-state index contributed by atoms with van der Waals surface area (Å²) in [6.45, 7) is 5.26. The quantitative estimate of drug-likeness (QED) is 0.152. The number of esters is 1. The molecule has 2 heterocycles. The number of aryl methyl sites for hydroxylation is 1. The average molecular weight is 545 g/mol. The number of anilines is 2. The van der Waals surface area contributed by atoms with E-state index in [1.54, 1.807) is 31.2 Å². The number of ether oxygens (including phenoxy) is 1. The molecule has 0 amide bonds. The van der Waals surface area contributed by atoms with E-state index in [0.29, 0.717) is 17.3 Å². The second-order valence-electron chi connectivity index (χ2n) is 9.40. The van der Waals surface area contributed by atoms with Crippen LogP contribution in [0, 0.1) is 10.1 Å². The molecule has 1 aliphatic rings. The zero-order valence-electron chi connectivity index (χ0n) is 21.8. The Morgan fingerprint density at radius 2 is 1.56 bits per heavy atom. The third-order valence-electron chi connectivity index (χ3n) is 7.01. The molecule has 1 aromatic heterocycles. The maximum atomic E-state index is 13.1. The van der Waals surface area contributed by atoms with Gasteiger partial charge in [-0.2, -0.15) is 0 Å². The number of nitrogens with zero attached hydrogens (tertiary/aromatic N) is 4. The highest BCUT2D eigenvalue weighted by molar-refractivity contribution is 6.30. The van der Waals surface area contributed by atoms with Crippen molar-refractivity contribution in [1.82, 2.24) is 4.57 Å². The molecule has 0 radical (unpaired) electrons. The van der Waals surface area contributed by atoms with Crippen LogP contribution in [-0.4, -0.2) is 48.2 Å². The fourth-order valence-electron chi connectivity index (χ4n) is 5.08. The van der Waals surface area contributed by atoms with Gasteiger partial charge < -0.3 is 19.1 Å². The van der Waals surface area contributed by atoms with Gasteiger partial charge >= 0.3 is 5.97 Å². The molecule has 200 valence electrons. The molecule has 4 aromatic rings. The van der Waals surface area contributed by atoms with Crippen LogP contribution in [0.2, 0.25) is 5.02 Å². The number of non-ortho nitro benzene ring substituents is 1. The molecule has 1 aliphatic heterocycles. The molecule has 5 rings (SSSR count). The van der Waals surface area contributed by atoms with E-state index < -0.39 is 0 Å². The van der Waals surface area contributed by atoms with E-state index in [-0.39, 0.29) is 16.6 Å². The van der Waals surface area contributed by atoms with Crippen LogP contribution in [0.1, 0.15) is 17.4 Å². The molecule has 0 N–H and O–H groups in total. The van der Waals surface area contributed by atoms with Crippen molar-refractivity contribution in [3.8, 4) is 22.3 Å². The topological polar surface area (TPSA) is 80.8 Å². The summed E-state index contributed by atoms with van der Waals surface area (Å²) < 4.78 is 7.25. The van der Waals surface area contributed by atoms with Crippen LogP contribution in [0.5, 0.6) is 0 Å². The first-order chi connectivity index (χ1) is 18.9. The van der Waals surface area contributed by atoms with Gasteiger partial charge in [-0.1, -0.05) is 35.9 Å². The van der Waals surface area contributed by atoms with Crippen LogP contribution in [0.15, 0.2) is 79.0 Å². The highest BCUT2D eigenvalue weighted by atomic mass is 35.5. The molecule has 8 nitrogen and oxygen atoms in total. The Morgan fingerprint density at radius 1 is 0.923 bits per heavy atom. The lowest BCUT2D eigenvalue weighted by Gasteiger charge is -2.37. The number of rotatable bonds is 7. The molecule has 3 aromatic carbocycles. The van der Waals surface area contributed by atoms with Gasteiger partial charge in [-0.05, 0) is 54.4 Å². The minimum absolute atomic E-state index is 0.0928. The van der Waals surface area contributed by atoms with Crippen LogP contribution in [0.3, 0.4) is 0 Å². The fourth-order valence-corrected chi connectivity index (χ4v) is 5.20. The van der Waals surface area contributed by atoms with E-state index in [1.807, 2.05) is 54.2 Å². The molecule has 39 heavy (non-hydrogen) atoms. The lowest BCUT2D eigenvalue weighted by molar-refractivity contribution is -0.384. The van der Waals surface area contributed by atoms with E-state index in [9.17, 15) is 14.9 Å². The molecular formula is C30H29ClN4O4. The van der Waals surface area contributed by atoms with Crippen LogP contribution in [0.4, 0.5) is 17.1 Å². The second kappa shape index (κ2) is 11.2. The first-order valence-corrected chi connectivity index (χ1v) is 13.2. The van der Waals surface area contributed by atoms with Gasteiger partial charge in [-0.25, -0.2) is 4.79 Å². The lowest BCUT2D eigenvalue weighted by atomic mass is 9.96. The number of piperazine rings is 1. The maximum Gasteiger partial charge on any atom is 0.355 e. The predicted octanol–water partition coefficient (Wildman–Crippen LogP) is 6.42. The summed E-state index contributed by atoms with van der Waals surface area (Å²) in [6.07, 6.45) is 1.96. The molecule has 0 saturated carbocycles. The lowest BCUT2D eigenvalue weighted by Crippen LogP contribution is -2.46. The van der Waals surface area contributed by atoms with E-state index >= 15 is 0 Å². The molecule has 0 aliphatic carbocycles. The van der Waals surface area contributed by atoms with Crippen molar-refractivity contribution in [2.24, 2.45) is 7.05 Å². The van der Waals surface area contributed by atoms with Crippen molar-refractivity contribution in [2.45, 2.75) is 6.92 Å². The third kappa shape index (κ3) is 5.47. The Kier molecular flexibility index (Phi) is 7.56. The Morgan fingerprint density at radius 3 is 2.18 bits per heavy atom. The number of aromatic nitrogens is 1. The van der Waals surface area contributed by atoms with Gasteiger partial charge in [0.05, 0.1) is 11.5 Å². The summed E-state index contributed by atoms with van der Waals surface area (Å²) in [4.78, 5) is 28.2. The van der Waals surface area contributed by atoms with Crippen molar-refractivity contribution in [3.05, 3.63) is 99.8 Å². The van der Waals surface area contributed by atoms with E-state index in [4.69, 9.17) is 16.3 Å². The number of carbonyl (C=O) groups is 1. The minimum Gasteiger partial charge on any atom is -0.461 e. The number of benzene rings is 3. The minimum atomic E-state index is -0.382. The second-order valence-corrected chi connectivity index (χ2v) is 9.84. The largest absolute Gasteiger partial charge is 0.461 e. The van der Waals surface area contributed by atoms with Crippen LogP contribution in [0.25, 0.3) is 22.3 Å². The summed E-state index contributed by atoms with van der Waals surface area (Å²) in [5.41, 5.74) is 6.28. The monoisotopic (exact) mass is 544 g/mol. The van der Waals surface area contributed by atoms with Crippen LogP contribution >= 0.6 is 11.6 Å². The normalized spacial score (nSPS) is 13.4. The standard InChI is InChI=1S/C30H29ClN4O4/c1-3-39-30(36)29-28(27(20-32(29)2)21-7-9-23(31)10-8-21)22-5-4-6-26(19-22)34-17-15-33(16-18-34)24-11-13-25(14-12-24)35(37)38/h4-14,19-20H,3,15-18H2,1-2H3. The maximum absolute atomic E-state index is 13.1. The molecule has 0 spiro atoms. The molecule has 0 atom stereocenters. The molecule has 1 fully saturated rings. The van der Waals surface area contributed by atoms with Gasteiger partial charge in [0, 0.05) is 79.1 Å². The van der Waals surface area contributed by atoms with E-state index in [0.717, 1.165) is 59.8 Å². The molecule has 1 saturated heterocycles. The zero-order valence-corrected chi connectivity index (χ0v) is 22.6. The number of carbonyl (C=O) groups excluding carboxylic acids is 1. The highest BCUT2D eigenvalue weighted by Gasteiger charge is 2.25. The summed E-state index contributed by atoms with van der Waals surface area (Å²) >= 11 is 6.14. The zero-order chi connectivity index (χ0) is 27.5. The summed E-state index contributed by atoms with van der Waals surface area (Å²) in [6, 6.07) is 22.5. The van der Waals surface area contributed by atoms with Crippen molar-refractivity contribution in [1.29, 1.82) is 0 Å².